The van der Waals surface area contributed by atoms with Crippen LogP contribution in [0.25, 0.3) is 0 Å². The number of phosphoric acid groups is 1. The molecule has 186 valence electrons. The molecule has 8 nitrogen and oxygen atoms in total. The van der Waals surface area contributed by atoms with Crippen LogP contribution in [0.15, 0.2) is 0 Å². The Balaban J connectivity index is 3.83. The number of nitrogens with zero attached hydrogens (tertiary/aromatic N) is 1. The van der Waals surface area contributed by atoms with Gasteiger partial charge in [0.2, 0.25) is 0 Å². The molecule has 0 heterocycles. The number of hydrogen-bond donors (Lipinski definition) is 1. The summed E-state index contributed by atoms with van der Waals surface area (Å²) in [5.41, 5.74) is 0. The highest BCUT2D eigenvalue weighted by Gasteiger charge is 2.16. The van der Waals surface area contributed by atoms with Crippen molar-refractivity contribution < 1.29 is 47.2 Å². The lowest BCUT2D eigenvalue weighted by Crippen LogP contribution is -2.37. The van der Waals surface area contributed by atoms with Crippen molar-refractivity contribution in [1.29, 1.82) is 0 Å². The molecular weight excluding hydrogens is 421 g/mol. The van der Waals surface area contributed by atoms with Gasteiger partial charge in [-0.25, -0.2) is 0 Å². The minimum absolute atomic E-state index is 0.0531. The molecule has 0 fully saturated rings. The van der Waals surface area contributed by atoms with Gasteiger partial charge in [-0.15, -0.1) is 0 Å². The number of ether oxygens (including phenoxy) is 1. The van der Waals surface area contributed by atoms with E-state index in [9.17, 15) is 19.4 Å². The third-order valence-corrected chi connectivity index (χ3v) is 5.36. The van der Waals surface area contributed by atoms with Crippen molar-refractivity contribution in [2.75, 3.05) is 47.5 Å². The number of aliphatic hydroxyl groups excluding tert-OH is 1. The minimum atomic E-state index is -4.55. The number of carbonyl (C=O) groups is 1. The van der Waals surface area contributed by atoms with Gasteiger partial charge in [0, 0.05) is 16.0 Å². The average Bonchev–Trinajstić information content (AvgIpc) is 2.75. The van der Waals surface area contributed by atoms with Crippen molar-refractivity contribution in [2.24, 2.45) is 0 Å². The number of carbonyl (C=O) groups excluding carboxylic acids is 1. The molecule has 1 unspecified atom stereocenters. The zero-order chi connectivity index (χ0) is 29.7. The second-order valence-electron chi connectivity index (χ2n) is 8.56. The third-order valence-electron chi connectivity index (χ3n) is 4.39. The highest BCUT2D eigenvalue weighted by atomic mass is 31.2. The summed E-state index contributed by atoms with van der Waals surface area (Å²) in [6.07, 6.45) is -0.588. The first-order valence-corrected chi connectivity index (χ1v) is 12.4. The molecule has 0 saturated carbocycles. The molecule has 0 rings (SSSR count). The minimum Gasteiger partial charge on any atom is -0.756 e. The maximum Gasteiger partial charge on any atom is 0.305 e. The van der Waals surface area contributed by atoms with Crippen LogP contribution in [0.5, 0.6) is 0 Å². The van der Waals surface area contributed by atoms with Gasteiger partial charge in [0.05, 0.1) is 27.7 Å². The molecule has 0 amide bonds. The quantitative estimate of drug-likeness (QED) is 0.117. The molecular formula is C22H46NO7P. The molecule has 31 heavy (non-hydrogen) atoms. The van der Waals surface area contributed by atoms with Crippen molar-refractivity contribution in [3.05, 3.63) is 0 Å². The first-order valence-electron chi connectivity index (χ1n) is 14.4. The molecule has 0 aromatic carbocycles. The summed E-state index contributed by atoms with van der Waals surface area (Å²) in [5.74, 6) is -0.500. The van der Waals surface area contributed by atoms with Crippen LogP contribution < -0.4 is 4.89 Å². The largest absolute Gasteiger partial charge is 0.756 e. The Kier molecular flexibility index (Phi) is 11.6. The normalized spacial score (nSPS) is 19.6. The summed E-state index contributed by atoms with van der Waals surface area (Å²) in [6.45, 7) is -3.57. The van der Waals surface area contributed by atoms with Crippen molar-refractivity contribution in [1.82, 2.24) is 0 Å². The van der Waals surface area contributed by atoms with Crippen molar-refractivity contribution in [3.63, 3.8) is 0 Å². The molecule has 2 atom stereocenters. The lowest BCUT2D eigenvalue weighted by molar-refractivity contribution is -0.870. The van der Waals surface area contributed by atoms with Gasteiger partial charge in [-0.05, 0) is 6.42 Å². The second kappa shape index (κ2) is 18.0. The third kappa shape index (κ3) is 22.5. The fourth-order valence-corrected chi connectivity index (χ4v) is 3.29. The van der Waals surface area contributed by atoms with Crippen LogP contribution in [0, 0.1) is 0 Å². The summed E-state index contributed by atoms with van der Waals surface area (Å²) in [6, 6.07) is 0. The number of phosphoric ester groups is 1. The van der Waals surface area contributed by atoms with Gasteiger partial charge >= 0.3 is 5.97 Å². The summed E-state index contributed by atoms with van der Waals surface area (Å²) in [4.78, 5) is 23.5. The van der Waals surface area contributed by atoms with Crippen molar-refractivity contribution in [3.8, 4) is 0 Å². The molecule has 1 N–H and O–H groups in total. The Bertz CT molecular complexity index is 734. The maximum absolute atomic E-state index is 11.8. The zero-order valence-electron chi connectivity index (χ0n) is 26.3. The highest BCUT2D eigenvalue weighted by molar-refractivity contribution is 7.45. The lowest BCUT2D eigenvalue weighted by Gasteiger charge is -2.27. The number of quaternary nitrogens is 1. The van der Waals surface area contributed by atoms with E-state index in [0.717, 1.165) is 32.1 Å². The van der Waals surface area contributed by atoms with E-state index < -0.39 is 46.1 Å². The van der Waals surface area contributed by atoms with Gasteiger partial charge in [0.1, 0.15) is 25.9 Å². The number of unbranched alkanes of at least 4 members (excludes halogenated alkanes) is 7. The van der Waals surface area contributed by atoms with Gasteiger partial charge in [-0.2, -0.15) is 0 Å². The van der Waals surface area contributed by atoms with Gasteiger partial charge in [-0.3, -0.25) is 9.36 Å². The molecule has 0 aromatic heterocycles. The molecule has 9 heteroatoms. The Morgan fingerprint density at radius 1 is 1.03 bits per heavy atom. The Labute approximate surface area is 199 Å². The molecule has 0 radical (unpaired) electrons. The van der Waals surface area contributed by atoms with E-state index in [0.29, 0.717) is 30.3 Å². The Hall–Kier alpha value is -0.500. The van der Waals surface area contributed by atoms with Crippen LogP contribution in [0.2, 0.25) is 0 Å². The van der Waals surface area contributed by atoms with Gasteiger partial charge in [0.25, 0.3) is 7.82 Å². The predicted molar refractivity (Wildman–Crippen MR) is 120 cm³/mol. The fourth-order valence-electron chi connectivity index (χ4n) is 2.56. The van der Waals surface area contributed by atoms with Crippen LogP contribution >= 0.6 is 7.82 Å². The van der Waals surface area contributed by atoms with E-state index in [1.54, 1.807) is 0 Å². The smallest absolute Gasteiger partial charge is 0.305 e. The van der Waals surface area contributed by atoms with Crippen LogP contribution in [-0.2, 0) is 23.1 Å². The number of hydrogen-bond acceptors (Lipinski definition) is 7. The SMILES string of the molecule is [2H]C([2H])([2H])C([2H])([2H])C([2H])([2H])CCCCCCCCCCC(=O)OC[C@@H](O)COP(=O)([O-])OCC[N+](C)(C)C. The summed E-state index contributed by atoms with van der Waals surface area (Å²) in [5, 5.41) is 9.78. The molecule has 0 spiro atoms. The Morgan fingerprint density at radius 2 is 1.61 bits per heavy atom. The lowest BCUT2D eigenvalue weighted by atomic mass is 10.1. The van der Waals surface area contributed by atoms with E-state index in [-0.39, 0.29) is 26.1 Å². The van der Waals surface area contributed by atoms with Crippen molar-refractivity contribution in [2.45, 2.75) is 89.9 Å². The second-order valence-corrected chi connectivity index (χ2v) is 9.97. The van der Waals surface area contributed by atoms with E-state index in [4.69, 9.17) is 18.9 Å². The van der Waals surface area contributed by atoms with E-state index in [2.05, 4.69) is 4.52 Å². The van der Waals surface area contributed by atoms with Crippen LogP contribution in [-0.4, -0.2) is 69.2 Å². The Morgan fingerprint density at radius 3 is 2.19 bits per heavy atom. The summed E-state index contributed by atoms with van der Waals surface area (Å²) in [7, 11) is 1.09. The zero-order valence-corrected chi connectivity index (χ0v) is 20.2. The number of likely N-dealkylation sites (N-methyl/N-ethyl adjacent to an activating group) is 1. The molecule has 0 aliphatic heterocycles. The summed E-state index contributed by atoms with van der Waals surface area (Å²) >= 11 is 0. The number of esters is 1. The monoisotopic (exact) mass is 474 g/mol. The molecule has 0 bridgehead atoms. The van der Waals surface area contributed by atoms with Crippen LogP contribution in [0.1, 0.15) is 93.4 Å². The van der Waals surface area contributed by atoms with E-state index in [1.807, 2.05) is 21.1 Å². The molecule has 0 aliphatic rings. The van der Waals surface area contributed by atoms with Gasteiger partial charge < -0.3 is 28.3 Å². The first-order chi connectivity index (χ1) is 17.2. The molecule has 0 aliphatic carbocycles. The fraction of sp³-hybridized carbons (Fsp3) is 0.955. The van der Waals surface area contributed by atoms with E-state index >= 15 is 0 Å². The van der Waals surface area contributed by atoms with Crippen LogP contribution in [0.4, 0.5) is 0 Å². The number of aliphatic hydroxyl groups is 1. The summed E-state index contributed by atoms with van der Waals surface area (Å²) < 4.78 is 78.9. The van der Waals surface area contributed by atoms with Crippen LogP contribution in [0.3, 0.4) is 0 Å². The first kappa shape index (κ1) is 19.9. The maximum atomic E-state index is 11.8. The average molecular weight is 475 g/mol. The standard InChI is InChI=1S/C22H46NO7P/c1-5-6-7-8-9-10-11-12-13-14-15-16-22(25)28-19-21(24)20-30-31(26,27)29-18-17-23(2,3)4/h21,24H,5-20H2,1-4H3/t21-/m1/s1/i1D3,5D2,6D2. The number of rotatable bonds is 21. The van der Waals surface area contributed by atoms with Gasteiger partial charge in [0.15, 0.2) is 0 Å². The molecule has 0 saturated heterocycles. The van der Waals surface area contributed by atoms with Gasteiger partial charge in [-0.1, -0.05) is 71.0 Å². The van der Waals surface area contributed by atoms with Crippen molar-refractivity contribution >= 4 is 13.8 Å². The predicted octanol–water partition coefficient (Wildman–Crippen LogP) is 3.80. The highest BCUT2D eigenvalue weighted by Crippen LogP contribution is 2.38. The molecule has 0 aromatic rings. The topological polar surface area (TPSA) is 105 Å². The van der Waals surface area contributed by atoms with E-state index in [1.165, 1.54) is 0 Å².